The number of halogens is 3. The Morgan fingerprint density at radius 3 is 2.59 bits per heavy atom. The largest absolute Gasteiger partial charge is 0.435 e. The Balaban J connectivity index is 1.51. The Hall–Kier alpha value is -2.82. The van der Waals surface area contributed by atoms with Crippen LogP contribution in [-0.2, 0) is 12.7 Å². The third-order valence-corrected chi connectivity index (χ3v) is 4.79. The maximum absolute atomic E-state index is 13.0. The molecule has 3 aromatic heterocycles. The molecule has 0 bridgehead atoms. The number of aromatic nitrogens is 5. The van der Waals surface area contributed by atoms with E-state index >= 15 is 0 Å². The number of nitrogens with zero attached hydrogens (tertiary/aromatic N) is 5. The molecule has 0 atom stereocenters. The van der Waals surface area contributed by atoms with Crippen molar-refractivity contribution < 1.29 is 18.0 Å². The van der Waals surface area contributed by atoms with E-state index in [-0.39, 0.29) is 24.3 Å². The van der Waals surface area contributed by atoms with Crippen molar-refractivity contribution in [1.82, 2.24) is 30.0 Å². The summed E-state index contributed by atoms with van der Waals surface area (Å²) in [6.45, 7) is 0.194. The number of rotatable bonds is 5. The van der Waals surface area contributed by atoms with Crippen molar-refractivity contribution in [2.45, 2.75) is 31.5 Å². The summed E-state index contributed by atoms with van der Waals surface area (Å²) in [7, 11) is 0. The zero-order valence-electron chi connectivity index (χ0n) is 13.8. The van der Waals surface area contributed by atoms with Gasteiger partial charge in [0.15, 0.2) is 5.69 Å². The van der Waals surface area contributed by atoms with E-state index in [0.29, 0.717) is 16.1 Å². The predicted octanol–water partition coefficient (Wildman–Crippen LogP) is 2.95. The van der Waals surface area contributed by atoms with Gasteiger partial charge < -0.3 is 5.32 Å². The summed E-state index contributed by atoms with van der Waals surface area (Å²) in [4.78, 5) is 24.4. The van der Waals surface area contributed by atoms with Gasteiger partial charge in [0.05, 0.1) is 17.4 Å². The van der Waals surface area contributed by atoms with E-state index in [1.807, 2.05) is 0 Å². The number of alkyl halides is 3. The van der Waals surface area contributed by atoms with Crippen molar-refractivity contribution in [2.24, 2.45) is 0 Å². The number of nitrogens with one attached hydrogen (secondary N) is 1. The number of thiazole rings is 1. The van der Waals surface area contributed by atoms with E-state index < -0.39 is 11.9 Å². The molecule has 0 saturated heterocycles. The summed E-state index contributed by atoms with van der Waals surface area (Å²) in [5.41, 5.74) is 1.69. The van der Waals surface area contributed by atoms with Crippen LogP contribution in [0.2, 0.25) is 0 Å². The van der Waals surface area contributed by atoms with Crippen molar-refractivity contribution in [3.8, 4) is 5.95 Å². The molecule has 0 spiro atoms. The van der Waals surface area contributed by atoms with Crippen LogP contribution in [0.5, 0.6) is 0 Å². The SMILES string of the molecule is O=C(NCc1cnc(-n2nc(C(F)(F)F)cc2C2CC2)nc1)c1cncs1. The highest BCUT2D eigenvalue weighted by Gasteiger charge is 2.38. The summed E-state index contributed by atoms with van der Waals surface area (Å²) < 4.78 is 40.1. The molecule has 1 fully saturated rings. The molecule has 3 aromatic rings. The molecule has 1 saturated carbocycles. The summed E-state index contributed by atoms with van der Waals surface area (Å²) in [5, 5.41) is 6.35. The number of amides is 1. The van der Waals surface area contributed by atoms with Crippen LogP contribution in [0.25, 0.3) is 5.95 Å². The lowest BCUT2D eigenvalue weighted by Crippen LogP contribution is -2.22. The standard InChI is InChI=1S/C16H13F3N6OS/c17-16(18,19)13-3-11(10-1-2-10)25(24-13)15-22-5-9(6-23-15)4-21-14(26)12-7-20-8-27-12/h3,5-8,10H,1-2,4H2,(H,21,26). The highest BCUT2D eigenvalue weighted by Crippen LogP contribution is 2.42. The van der Waals surface area contributed by atoms with Gasteiger partial charge in [-0.2, -0.15) is 18.3 Å². The van der Waals surface area contributed by atoms with Crippen molar-refractivity contribution in [1.29, 1.82) is 0 Å². The van der Waals surface area contributed by atoms with E-state index in [4.69, 9.17) is 0 Å². The Kier molecular flexibility index (Phi) is 4.38. The Bertz CT molecular complexity index is 948. The molecule has 0 unspecified atom stereocenters. The normalized spacial score (nSPS) is 14.3. The van der Waals surface area contributed by atoms with Gasteiger partial charge in [-0.3, -0.25) is 9.78 Å². The highest BCUT2D eigenvalue weighted by atomic mass is 32.1. The van der Waals surface area contributed by atoms with Gasteiger partial charge in [-0.1, -0.05) is 0 Å². The van der Waals surface area contributed by atoms with Crippen molar-refractivity contribution in [2.75, 3.05) is 0 Å². The maximum Gasteiger partial charge on any atom is 0.435 e. The smallest absolute Gasteiger partial charge is 0.347 e. The molecule has 1 amide bonds. The molecule has 0 aliphatic heterocycles. The highest BCUT2D eigenvalue weighted by molar-refractivity contribution is 7.11. The number of carbonyl (C=O) groups excluding carboxylic acids is 1. The van der Waals surface area contributed by atoms with Gasteiger partial charge in [0.2, 0.25) is 0 Å². The molecule has 27 heavy (non-hydrogen) atoms. The first-order chi connectivity index (χ1) is 12.9. The third-order valence-electron chi connectivity index (χ3n) is 4.01. The number of hydrogen-bond donors (Lipinski definition) is 1. The van der Waals surface area contributed by atoms with Crippen LogP contribution in [0.15, 0.2) is 30.2 Å². The fourth-order valence-corrected chi connectivity index (χ4v) is 3.05. The Morgan fingerprint density at radius 1 is 1.26 bits per heavy atom. The van der Waals surface area contributed by atoms with Crippen molar-refractivity contribution >= 4 is 17.2 Å². The zero-order chi connectivity index (χ0) is 19.0. The third kappa shape index (κ3) is 3.82. The quantitative estimate of drug-likeness (QED) is 0.719. The second kappa shape index (κ2) is 6.72. The molecule has 0 radical (unpaired) electrons. The monoisotopic (exact) mass is 394 g/mol. The van der Waals surface area contributed by atoms with E-state index in [0.717, 1.165) is 23.6 Å². The van der Waals surface area contributed by atoms with Gasteiger partial charge in [-0.15, -0.1) is 11.3 Å². The van der Waals surface area contributed by atoms with Gasteiger partial charge in [0, 0.05) is 30.4 Å². The van der Waals surface area contributed by atoms with E-state index in [1.165, 1.54) is 29.9 Å². The molecule has 1 N–H and O–H groups in total. The maximum atomic E-state index is 13.0. The molecule has 4 rings (SSSR count). The second-order valence-electron chi connectivity index (χ2n) is 6.08. The van der Waals surface area contributed by atoms with Gasteiger partial charge >= 0.3 is 6.18 Å². The number of hydrogen-bond acceptors (Lipinski definition) is 6. The van der Waals surface area contributed by atoms with Crippen LogP contribution in [0, 0.1) is 0 Å². The first-order valence-electron chi connectivity index (χ1n) is 8.07. The van der Waals surface area contributed by atoms with Crippen LogP contribution >= 0.6 is 11.3 Å². The van der Waals surface area contributed by atoms with Gasteiger partial charge in [0.1, 0.15) is 4.88 Å². The molecule has 1 aliphatic carbocycles. The minimum absolute atomic E-state index is 0.0515. The molecule has 3 heterocycles. The van der Waals surface area contributed by atoms with Gasteiger partial charge in [0.25, 0.3) is 11.9 Å². The van der Waals surface area contributed by atoms with Gasteiger partial charge in [-0.25, -0.2) is 14.6 Å². The second-order valence-corrected chi connectivity index (χ2v) is 6.96. The summed E-state index contributed by atoms with van der Waals surface area (Å²) >= 11 is 1.22. The minimum atomic E-state index is -4.52. The first kappa shape index (κ1) is 17.6. The van der Waals surface area contributed by atoms with Crippen LogP contribution < -0.4 is 5.32 Å². The van der Waals surface area contributed by atoms with E-state index in [9.17, 15) is 18.0 Å². The van der Waals surface area contributed by atoms with Crippen LogP contribution in [0.3, 0.4) is 0 Å². The zero-order valence-corrected chi connectivity index (χ0v) is 14.6. The van der Waals surface area contributed by atoms with Crippen LogP contribution in [0.4, 0.5) is 13.2 Å². The lowest BCUT2D eigenvalue weighted by molar-refractivity contribution is -0.141. The lowest BCUT2D eigenvalue weighted by Gasteiger charge is -2.06. The summed E-state index contributed by atoms with van der Waals surface area (Å²) in [6.07, 6.45) is 1.52. The topological polar surface area (TPSA) is 85.6 Å². The molecule has 1 aliphatic rings. The van der Waals surface area contributed by atoms with Crippen LogP contribution in [-0.4, -0.2) is 30.6 Å². The van der Waals surface area contributed by atoms with Gasteiger partial charge in [-0.05, 0) is 18.9 Å². The fourth-order valence-electron chi connectivity index (χ4n) is 2.51. The molecule has 0 aromatic carbocycles. The van der Waals surface area contributed by atoms with E-state index in [2.05, 4.69) is 25.4 Å². The average Bonchev–Trinajstić information content (AvgIpc) is 3.16. The van der Waals surface area contributed by atoms with E-state index in [1.54, 1.807) is 5.51 Å². The molecule has 140 valence electrons. The minimum Gasteiger partial charge on any atom is -0.347 e. The van der Waals surface area contributed by atoms with Crippen molar-refractivity contribution in [3.63, 3.8) is 0 Å². The van der Waals surface area contributed by atoms with Crippen LogP contribution in [0.1, 0.15) is 45.4 Å². The molecule has 11 heteroatoms. The Morgan fingerprint density at radius 2 is 2.00 bits per heavy atom. The lowest BCUT2D eigenvalue weighted by atomic mass is 10.2. The molecular weight excluding hydrogens is 381 g/mol. The fraction of sp³-hybridized carbons (Fsp3) is 0.312. The Labute approximate surface area is 155 Å². The summed E-state index contributed by atoms with van der Waals surface area (Å²) in [5.74, 6) is -0.139. The molecular formula is C16H13F3N6OS. The average molecular weight is 394 g/mol. The van der Waals surface area contributed by atoms with Crippen molar-refractivity contribution in [3.05, 3.63) is 52.0 Å². The number of carbonyl (C=O) groups is 1. The predicted molar refractivity (Wildman–Crippen MR) is 89.4 cm³/mol. The molecule has 7 nitrogen and oxygen atoms in total. The summed E-state index contributed by atoms with van der Waals surface area (Å²) in [6, 6.07) is 1.06. The first-order valence-corrected chi connectivity index (χ1v) is 8.95.